The first-order valence-corrected chi connectivity index (χ1v) is 11.3. The minimum atomic E-state index is -1.14. The Morgan fingerprint density at radius 1 is 0.865 bits per heavy atom. The molecule has 0 amide bonds. The van der Waals surface area contributed by atoms with Crippen molar-refractivity contribution >= 4 is 11.9 Å². The van der Waals surface area contributed by atoms with Crippen LogP contribution in [0.25, 0.3) is 11.1 Å². The summed E-state index contributed by atoms with van der Waals surface area (Å²) in [6.45, 7) is 15.2. The molecule has 0 aliphatic heterocycles. The maximum atomic E-state index is 15.1. The van der Waals surface area contributed by atoms with Crippen molar-refractivity contribution in [2.75, 3.05) is 26.4 Å². The fraction of sp³-hybridized carbons (Fsp3) is 0.286. The SMILES string of the molecule is C=C(C)C(=O)OCCOc1cc(-c2ccc(OC(=O)C(=C)C)cc2)c(F)cc1OCCOC(O)C(=C)C. The largest absolute Gasteiger partial charge is 0.487 e. The van der Waals surface area contributed by atoms with Crippen molar-refractivity contribution in [3.63, 3.8) is 0 Å². The highest BCUT2D eigenvalue weighted by molar-refractivity contribution is 5.89. The van der Waals surface area contributed by atoms with Crippen LogP contribution in [0.1, 0.15) is 20.8 Å². The van der Waals surface area contributed by atoms with Gasteiger partial charge in [0, 0.05) is 22.8 Å². The number of carbonyl (C=O) groups is 2. The molecule has 0 aromatic heterocycles. The summed E-state index contributed by atoms with van der Waals surface area (Å²) < 4.78 is 41.8. The zero-order valence-electron chi connectivity index (χ0n) is 21.2. The van der Waals surface area contributed by atoms with E-state index in [0.717, 1.165) is 6.07 Å². The van der Waals surface area contributed by atoms with Crippen LogP contribution in [0.5, 0.6) is 17.2 Å². The van der Waals surface area contributed by atoms with E-state index in [1.807, 2.05) is 0 Å². The number of halogens is 1. The molecule has 0 aliphatic rings. The van der Waals surface area contributed by atoms with Crippen LogP contribution >= 0.6 is 0 Å². The molecule has 1 atom stereocenters. The highest BCUT2D eigenvalue weighted by Crippen LogP contribution is 2.36. The highest BCUT2D eigenvalue weighted by atomic mass is 19.1. The number of esters is 2. The topological polar surface area (TPSA) is 101 Å². The van der Waals surface area contributed by atoms with Crippen LogP contribution in [-0.2, 0) is 19.1 Å². The molecule has 0 saturated carbocycles. The fourth-order valence-electron chi connectivity index (χ4n) is 2.74. The number of rotatable bonds is 14. The Kier molecular flexibility index (Phi) is 11.0. The van der Waals surface area contributed by atoms with E-state index in [0.29, 0.717) is 11.1 Å². The number of hydrogen-bond acceptors (Lipinski definition) is 8. The minimum absolute atomic E-state index is 0.00703. The van der Waals surface area contributed by atoms with Gasteiger partial charge in [0.2, 0.25) is 0 Å². The average molecular weight is 515 g/mol. The smallest absolute Gasteiger partial charge is 0.338 e. The Hall–Kier alpha value is -3.95. The van der Waals surface area contributed by atoms with E-state index in [-0.39, 0.29) is 60.4 Å². The molecule has 37 heavy (non-hydrogen) atoms. The van der Waals surface area contributed by atoms with Gasteiger partial charge in [-0.2, -0.15) is 0 Å². The van der Waals surface area contributed by atoms with Crippen molar-refractivity contribution in [1.29, 1.82) is 0 Å². The first-order chi connectivity index (χ1) is 17.5. The van der Waals surface area contributed by atoms with Gasteiger partial charge in [0.25, 0.3) is 0 Å². The van der Waals surface area contributed by atoms with Crippen molar-refractivity contribution in [3.05, 3.63) is 78.7 Å². The van der Waals surface area contributed by atoms with E-state index in [1.165, 1.54) is 32.0 Å². The summed E-state index contributed by atoms with van der Waals surface area (Å²) in [6, 6.07) is 8.85. The molecule has 1 unspecified atom stereocenters. The third kappa shape index (κ3) is 9.21. The zero-order valence-corrected chi connectivity index (χ0v) is 21.2. The van der Waals surface area contributed by atoms with Crippen LogP contribution in [0.3, 0.4) is 0 Å². The van der Waals surface area contributed by atoms with Gasteiger partial charge in [-0.05, 0) is 50.1 Å². The Morgan fingerprint density at radius 3 is 2.00 bits per heavy atom. The van der Waals surface area contributed by atoms with Crippen LogP contribution in [0, 0.1) is 5.82 Å². The van der Waals surface area contributed by atoms with Crippen LogP contribution < -0.4 is 14.2 Å². The van der Waals surface area contributed by atoms with Gasteiger partial charge >= 0.3 is 11.9 Å². The number of aliphatic hydroxyl groups is 1. The van der Waals surface area contributed by atoms with Crippen molar-refractivity contribution in [1.82, 2.24) is 0 Å². The monoisotopic (exact) mass is 514 g/mol. The zero-order chi connectivity index (χ0) is 27.5. The second-order valence-corrected chi connectivity index (χ2v) is 8.16. The predicted molar refractivity (Wildman–Crippen MR) is 136 cm³/mol. The Bertz CT molecular complexity index is 1150. The summed E-state index contributed by atoms with van der Waals surface area (Å²) in [4.78, 5) is 23.3. The Labute approximate surface area is 215 Å². The van der Waals surface area contributed by atoms with Crippen molar-refractivity contribution in [3.8, 4) is 28.4 Å². The molecule has 1 N–H and O–H groups in total. The number of ether oxygens (including phenoxy) is 5. The van der Waals surface area contributed by atoms with Gasteiger partial charge in [0.1, 0.15) is 31.4 Å². The molecule has 0 spiro atoms. The highest BCUT2D eigenvalue weighted by Gasteiger charge is 2.16. The normalized spacial score (nSPS) is 11.3. The van der Waals surface area contributed by atoms with Crippen molar-refractivity contribution < 1.29 is 42.8 Å². The summed E-state index contributed by atoms with van der Waals surface area (Å²) in [7, 11) is 0. The second-order valence-electron chi connectivity index (χ2n) is 8.16. The van der Waals surface area contributed by atoms with Crippen molar-refractivity contribution in [2.24, 2.45) is 0 Å². The van der Waals surface area contributed by atoms with E-state index in [4.69, 9.17) is 23.7 Å². The standard InChI is InChI=1S/C28H31FO8/c1-17(2)26(30)35-13-11-33-24-15-22(20-7-9-21(10-8-20)37-28(32)19(5)6)23(29)16-25(24)34-12-14-36-27(31)18(3)4/h7-10,15-16,27,31H,1,3,5,11-14H2,2,4,6H3. The van der Waals surface area contributed by atoms with Crippen LogP contribution in [0.15, 0.2) is 72.9 Å². The maximum absolute atomic E-state index is 15.1. The van der Waals surface area contributed by atoms with Gasteiger partial charge in [0.15, 0.2) is 17.8 Å². The lowest BCUT2D eigenvalue weighted by atomic mass is 10.0. The second kappa shape index (κ2) is 14.0. The molecule has 9 heteroatoms. The Morgan fingerprint density at radius 2 is 1.43 bits per heavy atom. The molecule has 2 aromatic rings. The van der Waals surface area contributed by atoms with Gasteiger partial charge < -0.3 is 28.8 Å². The lowest BCUT2D eigenvalue weighted by Crippen LogP contribution is -2.17. The van der Waals surface area contributed by atoms with E-state index in [2.05, 4.69) is 19.7 Å². The lowest BCUT2D eigenvalue weighted by Gasteiger charge is -2.16. The average Bonchev–Trinajstić information content (AvgIpc) is 2.85. The molecule has 0 saturated heterocycles. The molecule has 0 bridgehead atoms. The lowest BCUT2D eigenvalue weighted by molar-refractivity contribution is -0.139. The minimum Gasteiger partial charge on any atom is -0.487 e. The van der Waals surface area contributed by atoms with E-state index in [1.54, 1.807) is 19.1 Å². The van der Waals surface area contributed by atoms with Gasteiger partial charge in [-0.15, -0.1) is 0 Å². The number of aliphatic hydroxyl groups excluding tert-OH is 1. The molecular formula is C28H31FO8. The Balaban J connectivity index is 2.21. The summed E-state index contributed by atoms with van der Waals surface area (Å²) in [6.07, 6.45) is -1.14. The molecule has 0 heterocycles. The third-order valence-corrected chi connectivity index (χ3v) is 4.72. The summed E-state index contributed by atoms with van der Waals surface area (Å²) in [5.74, 6) is -1.15. The molecule has 2 aromatic carbocycles. The molecular weight excluding hydrogens is 483 g/mol. The van der Waals surface area contributed by atoms with Gasteiger partial charge in [-0.25, -0.2) is 14.0 Å². The quantitative estimate of drug-likeness (QED) is 0.0962. The van der Waals surface area contributed by atoms with Crippen molar-refractivity contribution in [2.45, 2.75) is 27.1 Å². The molecule has 2 rings (SSSR count). The van der Waals surface area contributed by atoms with Crippen LogP contribution in [0.2, 0.25) is 0 Å². The van der Waals surface area contributed by atoms with Crippen LogP contribution in [0.4, 0.5) is 4.39 Å². The van der Waals surface area contributed by atoms with Crippen LogP contribution in [-0.4, -0.2) is 49.8 Å². The molecule has 0 aliphatic carbocycles. The number of hydrogen-bond donors (Lipinski definition) is 1. The molecule has 8 nitrogen and oxygen atoms in total. The number of carbonyl (C=O) groups excluding carboxylic acids is 2. The summed E-state index contributed by atoms with van der Waals surface area (Å²) >= 11 is 0. The van der Waals surface area contributed by atoms with Gasteiger partial charge in [-0.1, -0.05) is 31.9 Å². The van der Waals surface area contributed by atoms with E-state index < -0.39 is 24.0 Å². The fourth-order valence-corrected chi connectivity index (χ4v) is 2.74. The molecule has 0 fully saturated rings. The van der Waals surface area contributed by atoms with Gasteiger partial charge in [-0.3, -0.25) is 0 Å². The summed E-state index contributed by atoms with van der Waals surface area (Å²) in [5.41, 5.74) is 1.63. The number of benzene rings is 2. The first kappa shape index (κ1) is 29.3. The maximum Gasteiger partial charge on any atom is 0.338 e. The van der Waals surface area contributed by atoms with E-state index in [9.17, 15) is 14.7 Å². The van der Waals surface area contributed by atoms with Gasteiger partial charge in [0.05, 0.1) is 6.61 Å². The summed E-state index contributed by atoms with van der Waals surface area (Å²) in [5, 5.41) is 9.67. The predicted octanol–water partition coefficient (Wildman–Crippen LogP) is 4.76. The third-order valence-electron chi connectivity index (χ3n) is 4.72. The first-order valence-electron chi connectivity index (χ1n) is 11.3. The molecule has 0 radical (unpaired) electrons. The molecule has 198 valence electrons. The van der Waals surface area contributed by atoms with E-state index >= 15 is 4.39 Å².